The molecule has 0 saturated carbocycles. The van der Waals surface area contributed by atoms with Gasteiger partial charge in [0.05, 0.1) is 11.0 Å². The molecule has 0 spiro atoms. The normalized spacial score (nSPS) is 17.5. The molecule has 0 saturated heterocycles. The predicted octanol–water partition coefficient (Wildman–Crippen LogP) is 2.03. The maximum Gasteiger partial charge on any atom is 0.407 e. The molecule has 1 amide bonds. The van der Waals surface area contributed by atoms with Crippen LogP contribution in [0.3, 0.4) is 0 Å². The van der Waals surface area contributed by atoms with Crippen molar-refractivity contribution in [3.63, 3.8) is 0 Å². The lowest BCUT2D eigenvalue weighted by atomic mass is 9.95. The van der Waals surface area contributed by atoms with E-state index in [0.29, 0.717) is 13.1 Å². The van der Waals surface area contributed by atoms with Crippen LogP contribution in [0.25, 0.3) is 11.0 Å². The van der Waals surface area contributed by atoms with Gasteiger partial charge < -0.3 is 15.0 Å². The number of ether oxygens (including phenoxy) is 1. The van der Waals surface area contributed by atoms with Gasteiger partial charge in [-0.3, -0.25) is 4.57 Å². The molecule has 3 rings (SSSR count). The Labute approximate surface area is 128 Å². The number of aromatic nitrogens is 2. The van der Waals surface area contributed by atoms with Crippen LogP contribution in [0.1, 0.15) is 26.3 Å². The van der Waals surface area contributed by atoms with Crippen LogP contribution in [-0.4, -0.2) is 27.8 Å². The summed E-state index contributed by atoms with van der Waals surface area (Å²) in [5, 5.41) is 2.80. The van der Waals surface area contributed by atoms with Gasteiger partial charge in [-0.1, -0.05) is 12.1 Å². The Kier molecular flexibility index (Phi) is 3.47. The average molecular weight is 303 g/mol. The van der Waals surface area contributed by atoms with E-state index in [1.807, 2.05) is 39.0 Å². The Hall–Kier alpha value is -2.24. The number of rotatable bonds is 2. The van der Waals surface area contributed by atoms with Gasteiger partial charge in [0.2, 0.25) is 0 Å². The fraction of sp³-hybridized carbons (Fsp3) is 0.500. The molecule has 2 heterocycles. The van der Waals surface area contributed by atoms with E-state index in [0.717, 1.165) is 23.0 Å². The van der Waals surface area contributed by atoms with Gasteiger partial charge in [-0.05, 0) is 44.7 Å². The van der Waals surface area contributed by atoms with E-state index < -0.39 is 11.7 Å². The highest BCUT2D eigenvalue weighted by molar-refractivity contribution is 5.79. The van der Waals surface area contributed by atoms with E-state index in [1.54, 1.807) is 4.57 Å². The molecule has 1 aromatic carbocycles. The van der Waals surface area contributed by atoms with Gasteiger partial charge in [-0.2, -0.15) is 0 Å². The van der Waals surface area contributed by atoms with Gasteiger partial charge in [-0.15, -0.1) is 0 Å². The number of para-hydroxylation sites is 1. The molecule has 1 aliphatic rings. The van der Waals surface area contributed by atoms with Gasteiger partial charge >= 0.3 is 11.8 Å². The zero-order valence-electron chi connectivity index (χ0n) is 13.1. The molecule has 2 N–H and O–H groups in total. The standard InChI is InChI=1S/C16H21N3O3/c1-16(2,3)22-15(21)17-8-10-7-11-5-4-6-12-13(11)19(9-10)14(20)18-12/h4-6,10H,7-9H2,1-3H3,(H,17,21)(H,18,20). The number of aromatic amines is 1. The second-order valence-electron chi connectivity index (χ2n) is 6.81. The summed E-state index contributed by atoms with van der Waals surface area (Å²) in [4.78, 5) is 26.6. The molecule has 0 fully saturated rings. The molecule has 6 nitrogen and oxygen atoms in total. The third-order valence-electron chi connectivity index (χ3n) is 3.76. The van der Waals surface area contributed by atoms with Crippen molar-refractivity contribution in [1.29, 1.82) is 0 Å². The molecule has 22 heavy (non-hydrogen) atoms. The third-order valence-corrected chi connectivity index (χ3v) is 3.76. The van der Waals surface area contributed by atoms with E-state index in [1.165, 1.54) is 0 Å². The Balaban J connectivity index is 1.71. The van der Waals surface area contributed by atoms with E-state index in [4.69, 9.17) is 4.74 Å². The first-order valence-corrected chi connectivity index (χ1v) is 7.51. The lowest BCUT2D eigenvalue weighted by Gasteiger charge is -2.25. The SMILES string of the molecule is CC(C)(C)OC(=O)NCC1Cc2cccc3[nH]c(=O)n(c23)C1. The number of H-pyrrole nitrogens is 1. The number of benzene rings is 1. The minimum absolute atomic E-state index is 0.0931. The summed E-state index contributed by atoms with van der Waals surface area (Å²) in [6, 6.07) is 5.89. The number of amides is 1. The highest BCUT2D eigenvalue weighted by atomic mass is 16.6. The van der Waals surface area contributed by atoms with Crippen LogP contribution in [0.5, 0.6) is 0 Å². The number of imidazole rings is 1. The van der Waals surface area contributed by atoms with Crippen LogP contribution < -0.4 is 11.0 Å². The Bertz CT molecular complexity index is 767. The topological polar surface area (TPSA) is 76.1 Å². The van der Waals surface area contributed by atoms with Crippen molar-refractivity contribution in [3.8, 4) is 0 Å². The van der Waals surface area contributed by atoms with E-state index in [9.17, 15) is 9.59 Å². The molecule has 0 bridgehead atoms. The molecular formula is C16H21N3O3. The lowest BCUT2D eigenvalue weighted by molar-refractivity contribution is 0.0517. The van der Waals surface area contributed by atoms with Crippen LogP contribution in [0.2, 0.25) is 0 Å². The van der Waals surface area contributed by atoms with Crippen LogP contribution >= 0.6 is 0 Å². The minimum atomic E-state index is -0.507. The van der Waals surface area contributed by atoms with Crippen molar-refractivity contribution >= 4 is 17.1 Å². The van der Waals surface area contributed by atoms with Crippen molar-refractivity contribution in [1.82, 2.24) is 14.9 Å². The zero-order valence-corrected chi connectivity index (χ0v) is 13.1. The first-order chi connectivity index (χ1) is 10.3. The average Bonchev–Trinajstić information content (AvgIpc) is 2.73. The van der Waals surface area contributed by atoms with Gasteiger partial charge in [0.1, 0.15) is 5.60 Å². The molecule has 118 valence electrons. The number of carbonyl (C=O) groups excluding carboxylic acids is 1. The lowest BCUT2D eigenvalue weighted by Crippen LogP contribution is -2.38. The monoisotopic (exact) mass is 303 g/mol. The number of hydrogen-bond donors (Lipinski definition) is 2. The van der Waals surface area contributed by atoms with Gasteiger partial charge in [0.15, 0.2) is 0 Å². The number of hydrogen-bond acceptors (Lipinski definition) is 3. The van der Waals surface area contributed by atoms with E-state index in [2.05, 4.69) is 10.3 Å². The molecule has 2 aromatic rings. The summed E-state index contributed by atoms with van der Waals surface area (Å²) >= 11 is 0. The summed E-state index contributed by atoms with van der Waals surface area (Å²) in [6.07, 6.45) is 0.419. The summed E-state index contributed by atoms with van der Waals surface area (Å²) < 4.78 is 7.00. The largest absolute Gasteiger partial charge is 0.444 e. The first-order valence-electron chi connectivity index (χ1n) is 7.51. The number of alkyl carbamates (subject to hydrolysis) is 1. The maximum atomic E-state index is 12.0. The number of nitrogens with one attached hydrogen (secondary N) is 2. The molecule has 1 aromatic heterocycles. The van der Waals surface area contributed by atoms with Crippen LogP contribution in [-0.2, 0) is 17.7 Å². The summed E-state index contributed by atoms with van der Waals surface area (Å²) in [7, 11) is 0. The summed E-state index contributed by atoms with van der Waals surface area (Å²) in [5.74, 6) is 0.180. The molecule has 0 aliphatic carbocycles. The zero-order chi connectivity index (χ0) is 15.9. The van der Waals surface area contributed by atoms with Crippen molar-refractivity contribution in [3.05, 3.63) is 34.2 Å². The van der Waals surface area contributed by atoms with Crippen LogP contribution in [0.4, 0.5) is 4.79 Å². The smallest absolute Gasteiger partial charge is 0.407 e. The molecule has 1 aliphatic heterocycles. The van der Waals surface area contributed by atoms with Crippen LogP contribution in [0.15, 0.2) is 23.0 Å². The van der Waals surface area contributed by atoms with Gasteiger partial charge in [-0.25, -0.2) is 9.59 Å². The fourth-order valence-electron chi connectivity index (χ4n) is 2.95. The van der Waals surface area contributed by atoms with Gasteiger partial charge in [0.25, 0.3) is 0 Å². The van der Waals surface area contributed by atoms with E-state index in [-0.39, 0.29) is 11.6 Å². The predicted molar refractivity (Wildman–Crippen MR) is 84.0 cm³/mol. The van der Waals surface area contributed by atoms with Crippen molar-refractivity contribution < 1.29 is 9.53 Å². The number of nitrogens with zero attached hydrogens (tertiary/aromatic N) is 1. The number of carbonyl (C=O) groups is 1. The Morgan fingerprint density at radius 2 is 2.23 bits per heavy atom. The van der Waals surface area contributed by atoms with Crippen molar-refractivity contribution in [2.45, 2.75) is 39.3 Å². The quantitative estimate of drug-likeness (QED) is 0.891. The molecule has 1 unspecified atom stereocenters. The second-order valence-corrected chi connectivity index (χ2v) is 6.81. The minimum Gasteiger partial charge on any atom is -0.444 e. The van der Waals surface area contributed by atoms with Gasteiger partial charge in [0, 0.05) is 13.1 Å². The fourth-order valence-corrected chi connectivity index (χ4v) is 2.95. The first kappa shape index (κ1) is 14.7. The molecule has 6 heteroatoms. The van der Waals surface area contributed by atoms with Crippen molar-refractivity contribution in [2.24, 2.45) is 5.92 Å². The summed E-state index contributed by atoms with van der Waals surface area (Å²) in [6.45, 7) is 6.59. The maximum absolute atomic E-state index is 12.0. The highest BCUT2D eigenvalue weighted by Crippen LogP contribution is 2.25. The van der Waals surface area contributed by atoms with Crippen LogP contribution in [0, 0.1) is 5.92 Å². The third kappa shape index (κ3) is 2.86. The second kappa shape index (κ2) is 5.19. The highest BCUT2D eigenvalue weighted by Gasteiger charge is 2.24. The summed E-state index contributed by atoms with van der Waals surface area (Å²) in [5.41, 5.74) is 2.40. The molecule has 1 atom stereocenters. The molecule has 0 radical (unpaired) electrons. The Morgan fingerprint density at radius 1 is 1.45 bits per heavy atom. The van der Waals surface area contributed by atoms with E-state index >= 15 is 0 Å². The molecular weight excluding hydrogens is 282 g/mol. The Morgan fingerprint density at radius 3 is 2.95 bits per heavy atom. The van der Waals surface area contributed by atoms with Crippen molar-refractivity contribution in [2.75, 3.05) is 6.54 Å².